The maximum atomic E-state index is 11.4. The standard InChI is InChI=1S/C22H39NO5/c1-2-3-6-9-17(25)12-13-19-18(20(26)16-21(19)27)10-7-4-5-8-11-22(28)23-14-15-24/h4,7,12-13,17-21,24-27H,2-3,5-6,8-11,14-16H2,1H3,(H,23,28)/b7-4-,13-12+/t17?,18-,19+,20?,21?/m0/s1. The average molecular weight is 398 g/mol. The van der Waals surface area contributed by atoms with Crippen LogP contribution in [0.2, 0.25) is 0 Å². The van der Waals surface area contributed by atoms with E-state index in [1.807, 2.05) is 18.2 Å². The summed E-state index contributed by atoms with van der Waals surface area (Å²) < 4.78 is 0. The van der Waals surface area contributed by atoms with Crippen molar-refractivity contribution in [3.05, 3.63) is 24.3 Å². The van der Waals surface area contributed by atoms with E-state index in [1.165, 1.54) is 0 Å². The highest BCUT2D eigenvalue weighted by molar-refractivity contribution is 5.75. The highest BCUT2D eigenvalue weighted by Crippen LogP contribution is 2.36. The molecule has 0 aromatic rings. The predicted octanol–water partition coefficient (Wildman–Crippen LogP) is 2.07. The predicted molar refractivity (Wildman–Crippen MR) is 111 cm³/mol. The second-order valence-electron chi connectivity index (χ2n) is 7.73. The summed E-state index contributed by atoms with van der Waals surface area (Å²) in [6.07, 6.45) is 12.9. The van der Waals surface area contributed by atoms with E-state index in [4.69, 9.17) is 5.11 Å². The smallest absolute Gasteiger partial charge is 0.220 e. The molecule has 0 aliphatic heterocycles. The van der Waals surface area contributed by atoms with Crippen molar-refractivity contribution in [2.75, 3.05) is 13.2 Å². The summed E-state index contributed by atoms with van der Waals surface area (Å²) in [6, 6.07) is 0. The summed E-state index contributed by atoms with van der Waals surface area (Å²) in [7, 11) is 0. The van der Waals surface area contributed by atoms with E-state index in [2.05, 4.69) is 12.2 Å². The monoisotopic (exact) mass is 397 g/mol. The van der Waals surface area contributed by atoms with E-state index in [1.54, 1.807) is 6.08 Å². The van der Waals surface area contributed by atoms with Gasteiger partial charge in [0, 0.05) is 25.3 Å². The van der Waals surface area contributed by atoms with E-state index in [-0.39, 0.29) is 24.3 Å². The Kier molecular flexibility index (Phi) is 13.1. The zero-order chi connectivity index (χ0) is 20.8. The molecule has 28 heavy (non-hydrogen) atoms. The van der Waals surface area contributed by atoms with Gasteiger partial charge in [-0.15, -0.1) is 0 Å². The van der Waals surface area contributed by atoms with Gasteiger partial charge in [-0.2, -0.15) is 0 Å². The molecule has 0 saturated heterocycles. The van der Waals surface area contributed by atoms with E-state index >= 15 is 0 Å². The van der Waals surface area contributed by atoms with Crippen LogP contribution in [0.4, 0.5) is 0 Å². The number of rotatable bonds is 14. The first-order valence-corrected chi connectivity index (χ1v) is 10.7. The van der Waals surface area contributed by atoms with Crippen molar-refractivity contribution in [1.82, 2.24) is 5.32 Å². The number of carbonyl (C=O) groups excluding carboxylic acids is 1. The largest absolute Gasteiger partial charge is 0.395 e. The Hall–Kier alpha value is -1.21. The third-order valence-electron chi connectivity index (χ3n) is 5.36. The lowest BCUT2D eigenvalue weighted by Crippen LogP contribution is -2.25. The van der Waals surface area contributed by atoms with Crippen LogP contribution in [0.5, 0.6) is 0 Å². The van der Waals surface area contributed by atoms with Crippen molar-refractivity contribution in [3.8, 4) is 0 Å². The van der Waals surface area contributed by atoms with Crippen LogP contribution in [0, 0.1) is 11.8 Å². The molecular weight excluding hydrogens is 358 g/mol. The van der Waals surface area contributed by atoms with Crippen molar-refractivity contribution in [3.63, 3.8) is 0 Å². The molecule has 6 heteroatoms. The van der Waals surface area contributed by atoms with Crippen LogP contribution in [-0.2, 0) is 4.79 Å². The Morgan fingerprint density at radius 2 is 1.96 bits per heavy atom. The fourth-order valence-corrected chi connectivity index (χ4v) is 3.70. The van der Waals surface area contributed by atoms with Crippen molar-refractivity contribution >= 4 is 5.91 Å². The molecule has 1 aliphatic carbocycles. The molecule has 1 fully saturated rings. The van der Waals surface area contributed by atoms with Crippen LogP contribution >= 0.6 is 0 Å². The molecule has 0 spiro atoms. The average Bonchev–Trinajstić information content (AvgIpc) is 2.94. The van der Waals surface area contributed by atoms with Gasteiger partial charge in [0.05, 0.1) is 24.9 Å². The van der Waals surface area contributed by atoms with E-state index in [9.17, 15) is 20.1 Å². The minimum atomic E-state index is -0.581. The number of nitrogens with one attached hydrogen (secondary N) is 1. The molecule has 3 unspecified atom stereocenters. The molecule has 0 heterocycles. The van der Waals surface area contributed by atoms with Gasteiger partial charge < -0.3 is 25.7 Å². The van der Waals surface area contributed by atoms with Gasteiger partial charge in [0.2, 0.25) is 5.91 Å². The van der Waals surface area contributed by atoms with Crippen LogP contribution < -0.4 is 5.32 Å². The summed E-state index contributed by atoms with van der Waals surface area (Å²) in [4.78, 5) is 11.4. The van der Waals surface area contributed by atoms with Crippen LogP contribution in [0.3, 0.4) is 0 Å². The minimum Gasteiger partial charge on any atom is -0.395 e. The molecular formula is C22H39NO5. The first-order chi connectivity index (χ1) is 13.5. The minimum absolute atomic E-state index is 0.0490. The molecule has 1 saturated carbocycles. The highest BCUT2D eigenvalue weighted by atomic mass is 16.3. The fraction of sp³-hybridized carbons (Fsp3) is 0.773. The quantitative estimate of drug-likeness (QED) is 0.228. The van der Waals surface area contributed by atoms with Gasteiger partial charge in [-0.1, -0.05) is 50.5 Å². The van der Waals surface area contributed by atoms with Crippen molar-refractivity contribution in [1.29, 1.82) is 0 Å². The molecule has 5 N–H and O–H groups in total. The van der Waals surface area contributed by atoms with E-state index in [0.29, 0.717) is 25.8 Å². The number of allylic oxidation sites excluding steroid dienone is 2. The Morgan fingerprint density at radius 3 is 2.68 bits per heavy atom. The number of carbonyl (C=O) groups is 1. The first-order valence-electron chi connectivity index (χ1n) is 10.7. The lowest BCUT2D eigenvalue weighted by atomic mass is 9.89. The van der Waals surface area contributed by atoms with Crippen molar-refractivity contribution in [2.45, 2.75) is 83.0 Å². The summed E-state index contributed by atoms with van der Waals surface area (Å²) in [5.41, 5.74) is 0. The van der Waals surface area contributed by atoms with Crippen LogP contribution in [-0.4, -0.2) is 57.8 Å². The second kappa shape index (κ2) is 14.7. The zero-order valence-electron chi connectivity index (χ0n) is 17.2. The topological polar surface area (TPSA) is 110 Å². The second-order valence-corrected chi connectivity index (χ2v) is 7.73. The molecule has 5 atom stereocenters. The molecule has 6 nitrogen and oxygen atoms in total. The van der Waals surface area contributed by atoms with Crippen LogP contribution in [0.1, 0.15) is 64.7 Å². The van der Waals surface area contributed by atoms with Gasteiger partial charge in [-0.25, -0.2) is 0 Å². The molecule has 0 radical (unpaired) electrons. The van der Waals surface area contributed by atoms with Crippen LogP contribution in [0.25, 0.3) is 0 Å². The van der Waals surface area contributed by atoms with Gasteiger partial charge >= 0.3 is 0 Å². The number of aliphatic hydroxyl groups excluding tert-OH is 4. The van der Waals surface area contributed by atoms with Crippen molar-refractivity contribution in [2.24, 2.45) is 11.8 Å². The molecule has 0 bridgehead atoms. The zero-order valence-corrected chi connectivity index (χ0v) is 17.2. The molecule has 1 aliphatic rings. The SMILES string of the molecule is CCCCCC(O)/C=C/[C@H]1C(O)CC(O)[C@H]1C/C=C\CCCC(=O)NCCO. The summed E-state index contributed by atoms with van der Waals surface area (Å²) in [5, 5.41) is 41.8. The number of hydrogen-bond acceptors (Lipinski definition) is 5. The normalized spacial score (nSPS) is 26.3. The Labute approximate surface area is 169 Å². The van der Waals surface area contributed by atoms with E-state index < -0.39 is 18.3 Å². The summed E-state index contributed by atoms with van der Waals surface area (Å²) in [6.45, 7) is 2.37. The number of unbranched alkanes of at least 4 members (excludes halogenated alkanes) is 3. The van der Waals surface area contributed by atoms with Gasteiger partial charge in [0.15, 0.2) is 0 Å². The fourth-order valence-electron chi connectivity index (χ4n) is 3.70. The molecule has 0 aromatic carbocycles. The van der Waals surface area contributed by atoms with Gasteiger partial charge in [-0.05, 0) is 31.6 Å². The Morgan fingerprint density at radius 1 is 1.18 bits per heavy atom. The Bertz CT molecular complexity index is 480. The van der Waals surface area contributed by atoms with E-state index in [0.717, 1.165) is 38.5 Å². The van der Waals surface area contributed by atoms with Crippen LogP contribution in [0.15, 0.2) is 24.3 Å². The summed E-state index contributed by atoms with van der Waals surface area (Å²) in [5.74, 6) is -0.262. The van der Waals surface area contributed by atoms with Gasteiger partial charge in [0.25, 0.3) is 0 Å². The molecule has 1 rings (SSSR count). The first kappa shape index (κ1) is 24.8. The Balaban J connectivity index is 2.39. The summed E-state index contributed by atoms with van der Waals surface area (Å²) >= 11 is 0. The lowest BCUT2D eigenvalue weighted by Gasteiger charge is -2.19. The maximum absolute atomic E-state index is 11.4. The highest BCUT2D eigenvalue weighted by Gasteiger charge is 2.39. The van der Waals surface area contributed by atoms with Crippen molar-refractivity contribution < 1.29 is 25.2 Å². The molecule has 0 aromatic heterocycles. The lowest BCUT2D eigenvalue weighted by molar-refractivity contribution is -0.121. The number of hydrogen-bond donors (Lipinski definition) is 5. The molecule has 1 amide bonds. The molecule has 162 valence electrons. The number of amides is 1. The number of aliphatic hydroxyl groups is 4. The maximum Gasteiger partial charge on any atom is 0.220 e. The third kappa shape index (κ3) is 9.82. The van der Waals surface area contributed by atoms with Gasteiger partial charge in [-0.3, -0.25) is 4.79 Å². The third-order valence-corrected chi connectivity index (χ3v) is 5.36. The van der Waals surface area contributed by atoms with Gasteiger partial charge in [0.1, 0.15) is 0 Å².